The van der Waals surface area contributed by atoms with Crippen LogP contribution in [0.15, 0.2) is 18.2 Å². The van der Waals surface area contributed by atoms with Crippen molar-refractivity contribution in [2.45, 2.75) is 39.1 Å². The zero-order valence-electron chi connectivity index (χ0n) is 11.3. The van der Waals surface area contributed by atoms with E-state index in [0.29, 0.717) is 18.5 Å². The molecular formula is C14H18ClNO3. The minimum Gasteiger partial charge on any atom is -0.479 e. The third kappa shape index (κ3) is 3.26. The largest absolute Gasteiger partial charge is 0.479 e. The van der Waals surface area contributed by atoms with Crippen LogP contribution in [0.3, 0.4) is 0 Å². The zero-order valence-corrected chi connectivity index (χ0v) is 12.1. The topological polar surface area (TPSA) is 57.6 Å². The Morgan fingerprint density at radius 3 is 2.05 bits per heavy atom. The van der Waals surface area contributed by atoms with Crippen LogP contribution in [0.5, 0.6) is 0 Å². The highest BCUT2D eigenvalue weighted by molar-refractivity contribution is 6.33. The van der Waals surface area contributed by atoms with Gasteiger partial charge in [-0.2, -0.15) is 0 Å². The Bertz CT molecular complexity index is 465. The average Bonchev–Trinajstić information content (AvgIpc) is 2.38. The van der Waals surface area contributed by atoms with Gasteiger partial charge in [-0.05, 0) is 24.0 Å². The molecule has 0 spiro atoms. The number of aryl methyl sites for hydroxylation is 2. The second-order valence-corrected chi connectivity index (χ2v) is 4.61. The predicted octanol–water partition coefficient (Wildman–Crippen LogP) is 2.81. The van der Waals surface area contributed by atoms with Gasteiger partial charge >= 0.3 is 5.97 Å². The minimum absolute atomic E-state index is 0.377. The van der Waals surface area contributed by atoms with Gasteiger partial charge in [-0.3, -0.25) is 9.69 Å². The lowest BCUT2D eigenvalue weighted by Gasteiger charge is -2.28. The van der Waals surface area contributed by atoms with Gasteiger partial charge in [-0.25, -0.2) is 4.79 Å². The summed E-state index contributed by atoms with van der Waals surface area (Å²) in [5.74, 6) is -1.61. The van der Waals surface area contributed by atoms with Gasteiger partial charge in [0.2, 0.25) is 11.4 Å². The van der Waals surface area contributed by atoms with E-state index in [1.165, 1.54) is 6.92 Å². The third-order valence-electron chi connectivity index (χ3n) is 2.98. The number of anilines is 1. The van der Waals surface area contributed by atoms with E-state index in [4.69, 9.17) is 16.7 Å². The molecule has 0 fully saturated rings. The molecule has 0 aromatic heterocycles. The number of halogens is 1. The molecule has 1 aromatic carbocycles. The lowest BCUT2D eigenvalue weighted by atomic mass is 10.0. The van der Waals surface area contributed by atoms with E-state index in [0.717, 1.165) is 16.0 Å². The maximum absolute atomic E-state index is 11.8. The molecule has 1 unspecified atom stereocenters. The number of aliphatic carboxylic acids is 1. The number of para-hydroxylation sites is 1. The number of hydrogen-bond acceptors (Lipinski definition) is 2. The Morgan fingerprint density at radius 1 is 1.26 bits per heavy atom. The standard InChI is InChI=1S/C14H18ClNO3/c1-4-10-7-6-8-11(5-2)12(10)16(9(3)17)13(15)14(18)19/h6-8,13H,4-5H2,1-3H3,(H,18,19). The second kappa shape index (κ2) is 6.57. The van der Waals surface area contributed by atoms with Gasteiger partial charge in [0.25, 0.3) is 0 Å². The monoisotopic (exact) mass is 283 g/mol. The second-order valence-electron chi connectivity index (χ2n) is 4.20. The lowest BCUT2D eigenvalue weighted by Crippen LogP contribution is -2.41. The molecule has 1 rings (SSSR count). The summed E-state index contributed by atoms with van der Waals surface area (Å²) in [6, 6.07) is 5.68. The van der Waals surface area contributed by atoms with E-state index in [-0.39, 0.29) is 5.91 Å². The SMILES string of the molecule is CCc1cccc(CC)c1N(C(C)=O)C(Cl)C(=O)O. The molecular weight excluding hydrogens is 266 g/mol. The number of amides is 1. The molecule has 0 aliphatic rings. The first-order valence-electron chi connectivity index (χ1n) is 6.21. The Balaban J connectivity index is 3.45. The van der Waals surface area contributed by atoms with Gasteiger partial charge in [0.15, 0.2) is 0 Å². The van der Waals surface area contributed by atoms with Gasteiger partial charge < -0.3 is 5.11 Å². The zero-order chi connectivity index (χ0) is 14.6. The normalized spacial score (nSPS) is 12.0. The van der Waals surface area contributed by atoms with Crippen LogP contribution < -0.4 is 4.90 Å². The van der Waals surface area contributed by atoms with Crippen molar-refractivity contribution >= 4 is 29.2 Å². The molecule has 0 saturated heterocycles. The summed E-state index contributed by atoms with van der Waals surface area (Å²) in [6.45, 7) is 5.24. The molecule has 1 amide bonds. The number of carboxylic acid groups (broad SMARTS) is 1. The molecule has 4 nitrogen and oxygen atoms in total. The third-order valence-corrected chi connectivity index (χ3v) is 3.36. The van der Waals surface area contributed by atoms with E-state index < -0.39 is 11.5 Å². The van der Waals surface area contributed by atoms with Crippen LogP contribution in [-0.4, -0.2) is 22.5 Å². The Hall–Kier alpha value is -1.55. The molecule has 0 bridgehead atoms. The van der Waals surface area contributed by atoms with Crippen LogP contribution >= 0.6 is 11.6 Å². The number of carboxylic acids is 1. The highest BCUT2D eigenvalue weighted by Crippen LogP contribution is 2.30. The summed E-state index contributed by atoms with van der Waals surface area (Å²) in [4.78, 5) is 24.1. The van der Waals surface area contributed by atoms with E-state index >= 15 is 0 Å². The molecule has 0 radical (unpaired) electrons. The van der Waals surface area contributed by atoms with Crippen LogP contribution in [0, 0.1) is 0 Å². The van der Waals surface area contributed by atoms with Crippen molar-refractivity contribution in [3.05, 3.63) is 29.3 Å². The maximum atomic E-state index is 11.8. The van der Waals surface area contributed by atoms with Crippen molar-refractivity contribution in [3.8, 4) is 0 Å². The molecule has 19 heavy (non-hydrogen) atoms. The Labute approximate surface area is 118 Å². The molecule has 0 heterocycles. The van der Waals surface area contributed by atoms with E-state index in [1.807, 2.05) is 32.0 Å². The quantitative estimate of drug-likeness (QED) is 0.668. The maximum Gasteiger partial charge on any atom is 0.342 e. The van der Waals surface area contributed by atoms with Gasteiger partial charge in [-0.1, -0.05) is 43.6 Å². The number of carbonyl (C=O) groups excluding carboxylic acids is 1. The lowest BCUT2D eigenvalue weighted by molar-refractivity contribution is -0.137. The van der Waals surface area contributed by atoms with Crippen LogP contribution in [0.4, 0.5) is 5.69 Å². The minimum atomic E-state index is -1.39. The van der Waals surface area contributed by atoms with E-state index in [9.17, 15) is 9.59 Å². The number of carbonyl (C=O) groups is 2. The van der Waals surface area contributed by atoms with Crippen molar-refractivity contribution < 1.29 is 14.7 Å². The summed E-state index contributed by atoms with van der Waals surface area (Å²) in [6.07, 6.45) is 1.41. The molecule has 1 N–H and O–H groups in total. The molecule has 5 heteroatoms. The van der Waals surface area contributed by atoms with Crippen LogP contribution in [-0.2, 0) is 22.4 Å². The number of hydrogen-bond donors (Lipinski definition) is 1. The van der Waals surface area contributed by atoms with Crippen LogP contribution in [0.1, 0.15) is 31.9 Å². The average molecular weight is 284 g/mol. The highest BCUT2D eigenvalue weighted by atomic mass is 35.5. The fourth-order valence-electron chi connectivity index (χ4n) is 2.07. The van der Waals surface area contributed by atoms with E-state index in [1.54, 1.807) is 0 Å². The summed E-state index contributed by atoms with van der Waals surface area (Å²) in [5.41, 5.74) is 1.07. The van der Waals surface area contributed by atoms with Crippen molar-refractivity contribution in [3.63, 3.8) is 0 Å². The molecule has 0 aliphatic carbocycles. The summed E-state index contributed by atoms with van der Waals surface area (Å²) >= 11 is 5.87. The predicted molar refractivity (Wildman–Crippen MR) is 75.6 cm³/mol. The number of rotatable bonds is 5. The van der Waals surface area contributed by atoms with E-state index in [2.05, 4.69) is 0 Å². The first-order chi connectivity index (χ1) is 8.93. The van der Waals surface area contributed by atoms with Crippen molar-refractivity contribution in [1.29, 1.82) is 0 Å². The van der Waals surface area contributed by atoms with Gasteiger partial charge in [0.1, 0.15) is 0 Å². The van der Waals surface area contributed by atoms with Crippen molar-refractivity contribution in [2.24, 2.45) is 0 Å². The summed E-state index contributed by atoms with van der Waals surface area (Å²) in [5, 5.41) is 9.06. The molecule has 1 aromatic rings. The Kier molecular flexibility index (Phi) is 5.36. The first kappa shape index (κ1) is 15.5. The number of nitrogens with zero attached hydrogens (tertiary/aromatic N) is 1. The summed E-state index contributed by atoms with van der Waals surface area (Å²) in [7, 11) is 0. The first-order valence-corrected chi connectivity index (χ1v) is 6.65. The molecule has 104 valence electrons. The van der Waals surface area contributed by atoms with Gasteiger partial charge in [0.05, 0.1) is 5.69 Å². The smallest absolute Gasteiger partial charge is 0.342 e. The highest BCUT2D eigenvalue weighted by Gasteiger charge is 2.29. The van der Waals surface area contributed by atoms with Gasteiger partial charge in [0, 0.05) is 6.92 Å². The molecule has 0 aliphatic heterocycles. The number of alkyl halides is 1. The van der Waals surface area contributed by atoms with Gasteiger partial charge in [-0.15, -0.1) is 0 Å². The fourth-order valence-corrected chi connectivity index (χ4v) is 2.30. The van der Waals surface area contributed by atoms with Crippen LogP contribution in [0.25, 0.3) is 0 Å². The van der Waals surface area contributed by atoms with Crippen molar-refractivity contribution in [2.75, 3.05) is 4.90 Å². The number of benzene rings is 1. The van der Waals surface area contributed by atoms with Crippen LogP contribution in [0.2, 0.25) is 0 Å². The Morgan fingerprint density at radius 2 is 1.74 bits per heavy atom. The summed E-state index contributed by atoms with van der Waals surface area (Å²) < 4.78 is 0. The molecule has 1 atom stereocenters. The molecule has 0 saturated carbocycles. The fraction of sp³-hybridized carbons (Fsp3) is 0.429. The van der Waals surface area contributed by atoms with Crippen molar-refractivity contribution in [1.82, 2.24) is 0 Å².